The van der Waals surface area contributed by atoms with E-state index in [9.17, 15) is 0 Å². The Morgan fingerprint density at radius 1 is 1.06 bits per heavy atom. The predicted molar refractivity (Wildman–Crippen MR) is 75.1 cm³/mol. The Hall–Kier alpha value is -0.495. The third kappa shape index (κ3) is 7.75. The lowest BCUT2D eigenvalue weighted by Crippen LogP contribution is -2.25. The van der Waals surface area contributed by atoms with Crippen molar-refractivity contribution in [3.63, 3.8) is 0 Å². The molecule has 0 aromatic rings. The van der Waals surface area contributed by atoms with Crippen LogP contribution in [0.15, 0.2) is 24.3 Å². The summed E-state index contributed by atoms with van der Waals surface area (Å²) >= 11 is 0. The highest BCUT2D eigenvalue weighted by molar-refractivity contribution is 6.54. The molecule has 0 bridgehead atoms. The van der Waals surface area contributed by atoms with Crippen molar-refractivity contribution in [2.75, 3.05) is 0 Å². The molecule has 0 aliphatic carbocycles. The summed E-state index contributed by atoms with van der Waals surface area (Å²) in [5.74, 6) is 0.502. The van der Waals surface area contributed by atoms with Gasteiger partial charge in [-0.15, -0.1) is 0 Å². The van der Waals surface area contributed by atoms with Crippen LogP contribution >= 0.6 is 0 Å². The van der Waals surface area contributed by atoms with Crippen LogP contribution in [0.4, 0.5) is 0 Å². The Balaban J connectivity index is 3.99. The Morgan fingerprint density at radius 2 is 1.75 bits per heavy atom. The summed E-state index contributed by atoms with van der Waals surface area (Å²) in [6.07, 6.45) is 12.5. The lowest BCUT2D eigenvalue weighted by Gasteiger charge is -2.19. The van der Waals surface area contributed by atoms with Gasteiger partial charge >= 0.3 is 0 Å². The summed E-state index contributed by atoms with van der Waals surface area (Å²) in [7, 11) is 0. The van der Waals surface area contributed by atoms with Crippen LogP contribution in [0.5, 0.6) is 0 Å². The zero-order chi connectivity index (χ0) is 12.4. The SMILES string of the molecule is CC/C=C\C/C=C\C(C)B(CC)OC(C)C. The highest BCUT2D eigenvalue weighted by Gasteiger charge is 2.20. The summed E-state index contributed by atoms with van der Waals surface area (Å²) in [5.41, 5.74) is 0. The second-order valence-electron chi connectivity index (χ2n) is 4.53. The fourth-order valence-corrected chi connectivity index (χ4v) is 1.70. The van der Waals surface area contributed by atoms with E-state index in [-0.39, 0.29) is 0 Å². The molecule has 0 aromatic carbocycles. The molecular formula is C14H27BO. The number of allylic oxidation sites excluding steroid dienone is 4. The van der Waals surface area contributed by atoms with E-state index in [0.717, 1.165) is 19.2 Å². The first-order chi connectivity index (χ1) is 7.61. The zero-order valence-corrected chi connectivity index (χ0v) is 11.6. The molecule has 0 saturated heterocycles. The minimum atomic E-state index is 0.320. The lowest BCUT2D eigenvalue weighted by atomic mass is 9.54. The fourth-order valence-electron chi connectivity index (χ4n) is 1.70. The van der Waals surface area contributed by atoms with E-state index >= 15 is 0 Å². The monoisotopic (exact) mass is 222 g/mol. The minimum Gasteiger partial charge on any atom is -0.433 e. The molecule has 0 fully saturated rings. The van der Waals surface area contributed by atoms with Crippen LogP contribution in [-0.2, 0) is 4.65 Å². The maximum Gasteiger partial charge on any atom is 0.299 e. The first kappa shape index (κ1) is 15.5. The van der Waals surface area contributed by atoms with Crippen LogP contribution in [0.25, 0.3) is 0 Å². The van der Waals surface area contributed by atoms with Crippen LogP contribution in [-0.4, -0.2) is 13.0 Å². The van der Waals surface area contributed by atoms with E-state index in [4.69, 9.17) is 4.65 Å². The average Bonchev–Trinajstić information content (AvgIpc) is 2.25. The molecule has 1 unspecified atom stereocenters. The van der Waals surface area contributed by atoms with E-state index < -0.39 is 0 Å². The molecule has 0 saturated carbocycles. The summed E-state index contributed by atoms with van der Waals surface area (Å²) in [6.45, 7) is 11.1. The highest BCUT2D eigenvalue weighted by Crippen LogP contribution is 2.17. The predicted octanol–water partition coefficient (Wildman–Crippen LogP) is 4.73. The Morgan fingerprint density at radius 3 is 2.25 bits per heavy atom. The molecule has 1 atom stereocenters. The van der Waals surface area contributed by atoms with Crippen molar-refractivity contribution in [3.05, 3.63) is 24.3 Å². The summed E-state index contributed by atoms with van der Waals surface area (Å²) < 4.78 is 5.87. The largest absolute Gasteiger partial charge is 0.433 e. The van der Waals surface area contributed by atoms with Crippen molar-refractivity contribution in [2.24, 2.45) is 0 Å². The molecule has 1 nitrogen and oxygen atoms in total. The minimum absolute atomic E-state index is 0.320. The third-order valence-corrected chi connectivity index (χ3v) is 2.55. The first-order valence-corrected chi connectivity index (χ1v) is 6.58. The molecule has 0 radical (unpaired) electrons. The van der Waals surface area contributed by atoms with Crippen molar-refractivity contribution in [1.82, 2.24) is 0 Å². The normalized spacial score (nSPS) is 14.1. The third-order valence-electron chi connectivity index (χ3n) is 2.55. The van der Waals surface area contributed by atoms with Gasteiger partial charge < -0.3 is 4.65 Å². The second-order valence-corrected chi connectivity index (χ2v) is 4.53. The average molecular weight is 222 g/mol. The smallest absolute Gasteiger partial charge is 0.299 e. The maximum atomic E-state index is 5.87. The van der Waals surface area contributed by atoms with Gasteiger partial charge in [0.15, 0.2) is 0 Å². The molecule has 2 heteroatoms. The van der Waals surface area contributed by atoms with Crippen molar-refractivity contribution in [3.8, 4) is 0 Å². The topological polar surface area (TPSA) is 9.23 Å². The summed E-state index contributed by atoms with van der Waals surface area (Å²) in [4.78, 5) is 0. The van der Waals surface area contributed by atoms with Gasteiger partial charge in [-0.1, -0.05) is 45.1 Å². The Kier molecular flexibility index (Phi) is 9.41. The molecule has 0 rings (SSSR count). The molecule has 0 aliphatic rings. The number of hydrogen-bond donors (Lipinski definition) is 0. The van der Waals surface area contributed by atoms with Crippen LogP contribution in [0, 0.1) is 0 Å². The van der Waals surface area contributed by atoms with Gasteiger partial charge in [-0.2, -0.15) is 0 Å². The molecule has 0 spiro atoms. The Labute approximate surface area is 102 Å². The van der Waals surface area contributed by atoms with Crippen molar-refractivity contribution in [2.45, 2.75) is 65.7 Å². The fraction of sp³-hybridized carbons (Fsp3) is 0.714. The van der Waals surface area contributed by atoms with E-state index in [2.05, 4.69) is 58.9 Å². The van der Waals surface area contributed by atoms with Crippen LogP contribution in [0.1, 0.15) is 47.5 Å². The molecule has 16 heavy (non-hydrogen) atoms. The van der Waals surface area contributed by atoms with Crippen LogP contribution in [0.2, 0.25) is 12.1 Å². The molecule has 0 aromatic heterocycles. The summed E-state index contributed by atoms with van der Waals surface area (Å²) in [6, 6.07) is 0. The first-order valence-electron chi connectivity index (χ1n) is 6.58. The number of rotatable bonds is 8. The summed E-state index contributed by atoms with van der Waals surface area (Å²) in [5, 5.41) is 0. The highest BCUT2D eigenvalue weighted by atomic mass is 16.4. The van der Waals surface area contributed by atoms with Crippen molar-refractivity contribution in [1.29, 1.82) is 0 Å². The van der Waals surface area contributed by atoms with Crippen molar-refractivity contribution >= 4 is 6.92 Å². The number of hydrogen-bond acceptors (Lipinski definition) is 1. The lowest BCUT2D eigenvalue weighted by molar-refractivity contribution is 0.239. The van der Waals surface area contributed by atoms with E-state index in [0.29, 0.717) is 18.8 Å². The van der Waals surface area contributed by atoms with Crippen LogP contribution in [0.3, 0.4) is 0 Å². The van der Waals surface area contributed by atoms with Gasteiger partial charge in [0.25, 0.3) is 6.92 Å². The van der Waals surface area contributed by atoms with Gasteiger partial charge in [0.1, 0.15) is 0 Å². The second kappa shape index (κ2) is 9.71. The van der Waals surface area contributed by atoms with E-state index in [1.807, 2.05) is 0 Å². The molecule has 0 amide bonds. The molecule has 92 valence electrons. The van der Waals surface area contributed by atoms with Gasteiger partial charge in [-0.3, -0.25) is 0 Å². The molecular weight excluding hydrogens is 195 g/mol. The Bertz CT molecular complexity index is 209. The molecule has 0 aliphatic heterocycles. The molecule has 0 heterocycles. The maximum absolute atomic E-state index is 5.87. The van der Waals surface area contributed by atoms with Gasteiger partial charge in [-0.25, -0.2) is 0 Å². The van der Waals surface area contributed by atoms with Gasteiger partial charge in [-0.05, 0) is 38.8 Å². The van der Waals surface area contributed by atoms with E-state index in [1.165, 1.54) is 0 Å². The molecule has 0 N–H and O–H groups in total. The van der Waals surface area contributed by atoms with Crippen LogP contribution < -0.4 is 0 Å². The standard InChI is InChI=1S/C14H27BO/c1-6-8-9-10-11-12-14(5)15(7-2)16-13(3)4/h8-9,11-14H,6-7,10H2,1-5H3/b9-8-,12-11-. The van der Waals surface area contributed by atoms with Gasteiger partial charge in [0, 0.05) is 6.10 Å². The zero-order valence-electron chi connectivity index (χ0n) is 11.6. The quantitative estimate of drug-likeness (QED) is 0.426. The van der Waals surface area contributed by atoms with Gasteiger partial charge in [0.05, 0.1) is 0 Å². The van der Waals surface area contributed by atoms with E-state index in [1.54, 1.807) is 0 Å². The van der Waals surface area contributed by atoms with Gasteiger partial charge in [0.2, 0.25) is 0 Å². The van der Waals surface area contributed by atoms with Crippen molar-refractivity contribution < 1.29 is 4.65 Å².